The molecular formula is C86H154AlClLiO33P. The van der Waals surface area contributed by atoms with Gasteiger partial charge in [-0.2, -0.15) is 9.59 Å². The minimum Gasteiger partial charge on any atom is -1.00 e. The van der Waals surface area contributed by atoms with E-state index in [1.165, 1.54) is 20.0 Å². The van der Waals surface area contributed by atoms with Crippen molar-refractivity contribution in [2.75, 3.05) is 46.4 Å². The molecule has 27 atom stereocenters. The van der Waals surface area contributed by atoms with Crippen molar-refractivity contribution in [3.8, 4) is 0 Å². The average Bonchev–Trinajstić information content (AvgIpc) is 1.64. The quantitative estimate of drug-likeness (QED) is 0.0431. The van der Waals surface area contributed by atoms with Crippen LogP contribution in [0.1, 0.15) is 250 Å². The van der Waals surface area contributed by atoms with E-state index in [-0.39, 0.29) is 182 Å². The number of hydrogen-bond acceptors (Lipinski definition) is 33. The van der Waals surface area contributed by atoms with Crippen LogP contribution in [0.3, 0.4) is 0 Å². The summed E-state index contributed by atoms with van der Waals surface area (Å²) in [5, 5.41) is 46.0. The van der Waals surface area contributed by atoms with Gasteiger partial charge in [0.25, 0.3) is 5.24 Å². The summed E-state index contributed by atoms with van der Waals surface area (Å²) in [7, 11) is -0.923. The number of ketones is 1. The average molecular weight is 1820 g/mol. The fourth-order valence-electron chi connectivity index (χ4n) is 16.6. The topological polar surface area (TPSA) is 407 Å². The molecular weight excluding hydrogens is 1660 g/mol. The number of aliphatic hydroxyl groups is 5. The van der Waals surface area contributed by atoms with Gasteiger partial charge >= 0.3 is 31.0 Å². The van der Waals surface area contributed by atoms with Gasteiger partial charge in [-0.3, -0.25) is 14.4 Å². The van der Waals surface area contributed by atoms with Gasteiger partial charge in [0.05, 0.1) is 64.1 Å². The second-order valence-electron chi connectivity index (χ2n) is 34.9. The first kappa shape index (κ1) is 117. The van der Waals surface area contributed by atoms with Crippen molar-refractivity contribution in [3.63, 3.8) is 0 Å². The Morgan fingerprint density at radius 3 is 1.03 bits per heavy atom. The minimum atomic E-state index is -2.21. The van der Waals surface area contributed by atoms with E-state index in [0.29, 0.717) is 36.0 Å². The van der Waals surface area contributed by atoms with Gasteiger partial charge in [0.1, 0.15) is 61.0 Å². The van der Waals surface area contributed by atoms with E-state index in [1.54, 1.807) is 65.3 Å². The maximum absolute atomic E-state index is 11.6. The largest absolute Gasteiger partial charge is 1.00 e. The predicted octanol–water partition coefficient (Wildman–Crippen LogP) is 7.69. The Hall–Kier alpha value is -1.98. The van der Waals surface area contributed by atoms with Gasteiger partial charge in [-0.15, -0.1) is 0 Å². The summed E-state index contributed by atoms with van der Waals surface area (Å²) in [6.45, 7) is 46.0. The van der Waals surface area contributed by atoms with Crippen molar-refractivity contribution < 1.29 is 179 Å². The van der Waals surface area contributed by atoms with Crippen LogP contribution in [0.25, 0.3) is 0 Å². The van der Waals surface area contributed by atoms with Crippen LogP contribution < -0.4 is 18.9 Å². The molecule has 123 heavy (non-hydrogen) atoms. The summed E-state index contributed by atoms with van der Waals surface area (Å²) < 4.78 is 133. The zero-order valence-electron chi connectivity index (χ0n) is 76.6. The maximum atomic E-state index is 11.6. The molecule has 0 amide bonds. The molecule has 0 bridgehead atoms. The molecule has 14 fully saturated rings. The zero-order valence-corrected chi connectivity index (χ0v) is 77.2. The third-order valence-electron chi connectivity index (χ3n) is 21.6. The summed E-state index contributed by atoms with van der Waals surface area (Å²) in [4.78, 5) is 48.7. The molecule has 1 aromatic rings. The summed E-state index contributed by atoms with van der Waals surface area (Å²) in [5.74, 6) is -2.96. The Balaban J connectivity index is 0.000000694. The number of hydrogen-bond donors (Lipinski definition) is 5. The molecule has 14 saturated heterocycles. The smallest absolute Gasteiger partial charge is 1.00 e. The van der Waals surface area contributed by atoms with Crippen LogP contribution in [-0.2, 0) is 128 Å². The van der Waals surface area contributed by atoms with E-state index in [4.69, 9.17) is 131 Å². The zero-order chi connectivity index (χ0) is 89.3. The number of Topliss-reactive ketones (excluding diaryl/α,β-unsaturated/α-hetero) is 1. The van der Waals surface area contributed by atoms with Crippen LogP contribution in [0.4, 0.5) is 0 Å². The van der Waals surface area contributed by atoms with Crippen LogP contribution in [0.2, 0.25) is 0 Å². The van der Waals surface area contributed by atoms with Crippen LogP contribution in [0, 0.1) is 23.7 Å². The number of fused-ring (bicyclic) bond motifs is 7. The van der Waals surface area contributed by atoms with Crippen molar-refractivity contribution >= 4 is 59.3 Å². The van der Waals surface area contributed by atoms with Crippen LogP contribution in [0.5, 0.6) is 0 Å². The molecule has 33 nitrogen and oxygen atoms in total. The number of rotatable bonds is 17. The second-order valence-corrected chi connectivity index (χ2v) is 38.7. The van der Waals surface area contributed by atoms with Crippen molar-refractivity contribution in [1.82, 2.24) is 0 Å². The van der Waals surface area contributed by atoms with Crippen molar-refractivity contribution in [2.24, 2.45) is 23.7 Å². The number of benzene rings is 1. The van der Waals surface area contributed by atoms with Crippen LogP contribution in [-0.4, -0.2) is 295 Å². The SMILES string of the molecule is C.C.CC1(C)O[C@H]2O[C@H](CO)C(O)[C@@H]2O1.CCC1[C@@H](CC)O[C@@H]2OC(C)(C)O[C@@H]12.CCCC1[C@@H](CC)O[C@@H]2OC(C)(C)O[C@@H]12.CCCC1[C@@H](CO)O[C@@H]2OC(C)(C)O[C@@H]12.CC[C@H]1O[C@@H]2OC(C)(C)O[C@H]2C1=O.CC[C@H]1O[C@@H]2OC(C)(C)O[C@H]2C1CCO.CC[C@H]1O[C@@H]2OC(C)(C)O[C@H]2C1O.COC(=O)CP(C)(C)=O.O=C(Cl)c1ccccc1.O=C=O.[AlH3].[H-].[Li+]. The van der Waals surface area contributed by atoms with Gasteiger partial charge in [-0.05, 0) is 180 Å². The number of carbonyl (C=O) groups is 3. The molecule has 0 aromatic heterocycles. The minimum absolute atomic E-state index is 0. The fraction of sp³-hybridized carbons (Fsp3) is 0.884. The molecule has 14 heterocycles. The van der Waals surface area contributed by atoms with E-state index in [0.717, 1.165) is 51.4 Å². The normalized spacial score (nSPS) is 37.1. The summed E-state index contributed by atoms with van der Waals surface area (Å²) in [5.41, 5.74) is 0.541. The number of aliphatic hydroxyl groups excluding tert-OH is 5. The van der Waals surface area contributed by atoms with Gasteiger partial charge in [0.15, 0.2) is 114 Å². The molecule has 15 rings (SSSR count). The van der Waals surface area contributed by atoms with Gasteiger partial charge in [0, 0.05) is 35.8 Å². The first-order valence-corrected chi connectivity index (χ1v) is 45.4. The standard InChI is InChI=1S/C12H22O3.2C11H20O4.C11H20O3.C9H16O4.C9H14O4.C8H14O5.C7H5ClO.C5H11O3P.CO2.2CH4.Al.Li.4H/c1-5-7-8-9(6-2)13-11-10(8)14-12(3,4)15-11;1-4-8-7(5-6-12)9-10(13-8)15-11(2,3)14-9;1-4-5-7-8(6-12)13-10-9(7)14-11(2,3)15-10;1-5-7-8(6-2)12-10-9(7)13-11(3,4)14-10;2*1-4-5-6(10)7-8(11-5)13-9(2,3)12-7;1-8(2)12-6-5(10)4(3-9)11-7(6)13-8;8-7(9)6-4-2-1-3-5-6;1-8-5(6)4-9(2,3)7;2-1-3;;;;;;;;/h8-11H,5-7H2,1-4H3;2*7-10,12H,4-6H2,1-3H3;7-10H,5-6H2,1-4H3;5-8,10H,4H2,1-3H3;5,7-8H,4H2,1-3H3;4-7,9-10H,3H2,1-2H3;1-5H;4H2,1-3H3;;2*1H4;;;;;;/q;;;;;;;;;;;;;+1;;;;-1/t8?,9-,10+,11-;3*7?,8-,9+,10-;5-,6?,7+,8-;5-,7+,8-;4-,5?,6+,7-;;;;;;;;;;;/m1111111.........../s1. The first-order valence-electron chi connectivity index (χ1n) is 42.2. The number of methoxy groups -OCH3 is 1. The summed E-state index contributed by atoms with van der Waals surface area (Å²) in [6, 6.07) is 8.74. The molecule has 14 aliphatic rings. The van der Waals surface area contributed by atoms with Gasteiger partial charge in [-0.1, -0.05) is 113 Å². The van der Waals surface area contributed by atoms with Gasteiger partial charge < -0.3 is 136 Å². The van der Waals surface area contributed by atoms with Crippen molar-refractivity contribution in [3.05, 3.63) is 35.9 Å². The van der Waals surface area contributed by atoms with Crippen LogP contribution in [0.15, 0.2) is 30.3 Å². The predicted molar refractivity (Wildman–Crippen MR) is 452 cm³/mol. The molecule has 0 aliphatic carbocycles. The first-order chi connectivity index (χ1) is 55.6. The number of halogens is 1. The molecule has 0 spiro atoms. The monoisotopic (exact) mass is 1810 g/mol. The van der Waals surface area contributed by atoms with Crippen molar-refractivity contribution in [1.29, 1.82) is 0 Å². The maximum Gasteiger partial charge on any atom is 1.00 e. The number of carbonyl (C=O) groups excluding carboxylic acids is 5. The molecule has 1 aromatic carbocycles. The molecule has 14 aliphatic heterocycles. The third kappa shape index (κ3) is 33.3. The van der Waals surface area contributed by atoms with Gasteiger partial charge in [-0.25, -0.2) is 0 Å². The van der Waals surface area contributed by atoms with Crippen molar-refractivity contribution in [2.45, 2.75) is 420 Å². The Kier molecular flexibility index (Phi) is 48.8. The fourth-order valence-corrected chi connectivity index (χ4v) is 17.4. The van der Waals surface area contributed by atoms with Crippen LogP contribution >= 0.6 is 18.7 Å². The third-order valence-corrected chi connectivity index (χ3v) is 22.9. The number of ether oxygens (including phenoxy) is 22. The molecule has 6 unspecified atom stereocenters. The Labute approximate surface area is 759 Å². The summed E-state index contributed by atoms with van der Waals surface area (Å²) in [6.07, 6.45) is 5.89. The van der Waals surface area contributed by atoms with E-state index in [1.807, 2.05) is 89.2 Å². The number of esters is 1. The molecule has 37 heteroatoms. The molecule has 0 saturated carbocycles. The van der Waals surface area contributed by atoms with E-state index < -0.39 is 108 Å². The molecule has 0 radical (unpaired) electrons. The van der Waals surface area contributed by atoms with E-state index in [2.05, 4.69) is 46.3 Å². The summed E-state index contributed by atoms with van der Waals surface area (Å²) >= 11 is 5.16. The Morgan fingerprint density at radius 1 is 0.439 bits per heavy atom. The Morgan fingerprint density at radius 2 is 0.740 bits per heavy atom. The second kappa shape index (κ2) is 51.3. The molecule has 712 valence electrons. The molecule has 5 N–H and O–H groups in total. The Bertz CT molecular complexity index is 3180. The van der Waals surface area contributed by atoms with E-state index >= 15 is 0 Å². The van der Waals surface area contributed by atoms with Gasteiger partial charge in [0.2, 0.25) is 0 Å². The van der Waals surface area contributed by atoms with E-state index in [9.17, 15) is 34.3 Å².